The molecule has 0 N–H and O–H groups in total. The quantitative estimate of drug-likeness (QED) is 0.482. The van der Waals surface area contributed by atoms with Gasteiger partial charge in [0, 0.05) is 19.8 Å². The summed E-state index contributed by atoms with van der Waals surface area (Å²) >= 11 is 0. The third-order valence-electron chi connectivity index (χ3n) is 1.94. The van der Waals surface area contributed by atoms with Crippen LogP contribution in [0.25, 0.3) is 0 Å². The Kier molecular flexibility index (Phi) is 8.61. The molecule has 0 aliphatic rings. The number of hydrogen-bond acceptors (Lipinski definition) is 6. The smallest absolute Gasteiger partial charge is 0.306 e. The van der Waals surface area contributed by atoms with Gasteiger partial charge < -0.3 is 14.2 Å². The Labute approximate surface area is 107 Å². The van der Waals surface area contributed by atoms with Gasteiger partial charge in [-0.2, -0.15) is 0 Å². The van der Waals surface area contributed by atoms with Gasteiger partial charge in [-0.15, -0.1) is 0 Å². The zero-order valence-corrected chi connectivity index (χ0v) is 11.1. The van der Waals surface area contributed by atoms with Crippen LogP contribution in [0.2, 0.25) is 0 Å². The molecule has 0 aromatic heterocycles. The van der Waals surface area contributed by atoms with Gasteiger partial charge in [-0.25, -0.2) is 0 Å². The van der Waals surface area contributed by atoms with E-state index in [1.165, 1.54) is 6.92 Å². The Morgan fingerprint density at radius 2 is 1.61 bits per heavy atom. The summed E-state index contributed by atoms with van der Waals surface area (Å²) in [6.45, 7) is 4.54. The average Bonchev–Trinajstić information content (AvgIpc) is 2.32. The molecule has 0 aliphatic heterocycles. The van der Waals surface area contributed by atoms with Crippen molar-refractivity contribution in [1.82, 2.24) is 0 Å². The molecular formula is C12H20O6. The van der Waals surface area contributed by atoms with E-state index in [9.17, 15) is 14.4 Å². The maximum Gasteiger partial charge on any atom is 0.306 e. The highest BCUT2D eigenvalue weighted by atomic mass is 16.6. The Bertz CT molecular complexity index is 286. The van der Waals surface area contributed by atoms with Gasteiger partial charge in [0.25, 0.3) is 0 Å². The summed E-state index contributed by atoms with van der Waals surface area (Å²) in [5.74, 6) is -1.27. The topological polar surface area (TPSA) is 78.9 Å². The van der Waals surface area contributed by atoms with Crippen molar-refractivity contribution in [2.75, 3.05) is 13.2 Å². The molecule has 0 aromatic rings. The molecule has 0 saturated carbocycles. The number of carbonyl (C=O) groups is 3. The summed E-state index contributed by atoms with van der Waals surface area (Å²) in [5.41, 5.74) is 0. The second kappa shape index (κ2) is 9.44. The van der Waals surface area contributed by atoms with E-state index in [4.69, 9.17) is 14.2 Å². The molecule has 18 heavy (non-hydrogen) atoms. The highest BCUT2D eigenvalue weighted by Crippen LogP contribution is 2.01. The van der Waals surface area contributed by atoms with Crippen LogP contribution in [-0.2, 0) is 28.6 Å². The maximum atomic E-state index is 11.2. The summed E-state index contributed by atoms with van der Waals surface area (Å²) in [7, 11) is 0. The Balaban J connectivity index is 4.14. The standard InChI is InChI=1S/C12H20O6/c1-4-6-12(15)17-8-10(7-16-9(3)13)18-11(14)5-2/h10H,4-8H2,1-3H3. The molecule has 0 aliphatic carbocycles. The van der Waals surface area contributed by atoms with E-state index in [1.54, 1.807) is 6.92 Å². The largest absolute Gasteiger partial charge is 0.462 e. The van der Waals surface area contributed by atoms with Gasteiger partial charge in [0.15, 0.2) is 6.10 Å². The number of esters is 3. The van der Waals surface area contributed by atoms with Crippen LogP contribution in [-0.4, -0.2) is 37.2 Å². The van der Waals surface area contributed by atoms with Crippen molar-refractivity contribution < 1.29 is 28.6 Å². The number of rotatable bonds is 8. The molecule has 6 nitrogen and oxygen atoms in total. The second-order valence-electron chi connectivity index (χ2n) is 3.70. The van der Waals surface area contributed by atoms with Crippen molar-refractivity contribution in [2.45, 2.75) is 46.1 Å². The van der Waals surface area contributed by atoms with Crippen molar-refractivity contribution in [3.05, 3.63) is 0 Å². The lowest BCUT2D eigenvalue weighted by molar-refractivity contribution is -0.165. The van der Waals surface area contributed by atoms with Crippen molar-refractivity contribution in [3.8, 4) is 0 Å². The van der Waals surface area contributed by atoms with Gasteiger partial charge in [-0.05, 0) is 6.42 Å². The zero-order valence-electron chi connectivity index (χ0n) is 11.1. The SMILES string of the molecule is CCCC(=O)OCC(COC(C)=O)OC(=O)CC. The first kappa shape index (κ1) is 16.4. The first-order chi connectivity index (χ1) is 8.49. The molecule has 0 spiro atoms. The van der Waals surface area contributed by atoms with E-state index < -0.39 is 18.0 Å². The predicted molar refractivity (Wildman–Crippen MR) is 62.7 cm³/mol. The molecular weight excluding hydrogens is 240 g/mol. The van der Waals surface area contributed by atoms with Gasteiger partial charge in [0.2, 0.25) is 0 Å². The summed E-state index contributed by atoms with van der Waals surface area (Å²) in [5, 5.41) is 0. The molecule has 1 unspecified atom stereocenters. The van der Waals surface area contributed by atoms with Gasteiger partial charge in [0.1, 0.15) is 13.2 Å². The second-order valence-corrected chi connectivity index (χ2v) is 3.70. The van der Waals surface area contributed by atoms with Crippen molar-refractivity contribution in [1.29, 1.82) is 0 Å². The normalized spacial score (nSPS) is 11.5. The fraction of sp³-hybridized carbons (Fsp3) is 0.750. The van der Waals surface area contributed by atoms with Crippen LogP contribution in [0.4, 0.5) is 0 Å². The molecule has 0 aromatic carbocycles. The predicted octanol–water partition coefficient (Wildman–Crippen LogP) is 1.21. The van der Waals surface area contributed by atoms with Crippen LogP contribution in [0.3, 0.4) is 0 Å². The molecule has 0 fully saturated rings. The molecule has 0 heterocycles. The molecule has 0 rings (SSSR count). The van der Waals surface area contributed by atoms with Crippen LogP contribution in [0.1, 0.15) is 40.0 Å². The molecule has 0 saturated heterocycles. The van der Waals surface area contributed by atoms with Crippen LogP contribution < -0.4 is 0 Å². The molecule has 0 radical (unpaired) electrons. The van der Waals surface area contributed by atoms with Gasteiger partial charge in [-0.3, -0.25) is 14.4 Å². The molecule has 1 atom stereocenters. The number of hydrogen-bond donors (Lipinski definition) is 0. The molecule has 104 valence electrons. The first-order valence-electron chi connectivity index (χ1n) is 5.98. The van der Waals surface area contributed by atoms with Gasteiger partial charge in [-0.1, -0.05) is 13.8 Å². The summed E-state index contributed by atoms with van der Waals surface area (Å²) < 4.78 is 14.6. The van der Waals surface area contributed by atoms with Gasteiger partial charge >= 0.3 is 17.9 Å². The fourth-order valence-corrected chi connectivity index (χ4v) is 1.06. The number of ether oxygens (including phenoxy) is 3. The van der Waals surface area contributed by atoms with Crippen LogP contribution in [0, 0.1) is 0 Å². The van der Waals surface area contributed by atoms with Crippen molar-refractivity contribution in [3.63, 3.8) is 0 Å². The van der Waals surface area contributed by atoms with Crippen LogP contribution >= 0.6 is 0 Å². The van der Waals surface area contributed by atoms with Crippen LogP contribution in [0.15, 0.2) is 0 Å². The lowest BCUT2D eigenvalue weighted by Crippen LogP contribution is -2.30. The zero-order chi connectivity index (χ0) is 14.0. The minimum absolute atomic E-state index is 0.0994. The van der Waals surface area contributed by atoms with E-state index in [1.807, 2.05) is 6.92 Å². The molecule has 0 bridgehead atoms. The Morgan fingerprint density at radius 3 is 2.11 bits per heavy atom. The number of carbonyl (C=O) groups excluding carboxylic acids is 3. The first-order valence-corrected chi connectivity index (χ1v) is 5.98. The summed E-state index contributed by atoms with van der Waals surface area (Å²) in [6, 6.07) is 0. The monoisotopic (exact) mass is 260 g/mol. The maximum absolute atomic E-state index is 11.2. The molecule has 6 heteroatoms. The molecule has 0 amide bonds. The third-order valence-corrected chi connectivity index (χ3v) is 1.94. The van der Waals surface area contributed by atoms with E-state index in [0.717, 1.165) is 0 Å². The Morgan fingerprint density at radius 1 is 1.00 bits per heavy atom. The summed E-state index contributed by atoms with van der Waals surface area (Å²) in [6.07, 6.45) is 0.450. The summed E-state index contributed by atoms with van der Waals surface area (Å²) in [4.78, 5) is 33.0. The fourth-order valence-electron chi connectivity index (χ4n) is 1.06. The van der Waals surface area contributed by atoms with E-state index in [0.29, 0.717) is 12.8 Å². The third kappa shape index (κ3) is 8.55. The van der Waals surface area contributed by atoms with Gasteiger partial charge in [0.05, 0.1) is 0 Å². The minimum Gasteiger partial charge on any atom is -0.462 e. The van der Waals surface area contributed by atoms with E-state index in [2.05, 4.69) is 0 Å². The minimum atomic E-state index is -0.748. The van der Waals surface area contributed by atoms with Crippen molar-refractivity contribution in [2.24, 2.45) is 0 Å². The van der Waals surface area contributed by atoms with Crippen molar-refractivity contribution >= 4 is 17.9 Å². The van der Waals surface area contributed by atoms with E-state index >= 15 is 0 Å². The highest BCUT2D eigenvalue weighted by Gasteiger charge is 2.17. The lowest BCUT2D eigenvalue weighted by atomic mass is 10.3. The van der Waals surface area contributed by atoms with Crippen LogP contribution in [0.5, 0.6) is 0 Å². The van der Waals surface area contributed by atoms with E-state index in [-0.39, 0.29) is 25.6 Å². The highest BCUT2D eigenvalue weighted by molar-refractivity contribution is 5.70. The Hall–Kier alpha value is -1.59. The average molecular weight is 260 g/mol. The lowest BCUT2D eigenvalue weighted by Gasteiger charge is -2.17.